The van der Waals surface area contributed by atoms with Crippen molar-refractivity contribution in [3.8, 4) is 6.07 Å². The van der Waals surface area contributed by atoms with Crippen molar-refractivity contribution in [1.29, 1.82) is 5.26 Å². The lowest BCUT2D eigenvalue weighted by Gasteiger charge is -2.09. The molecular weight excluding hydrogens is 244 g/mol. The molecule has 0 spiro atoms. The number of aromatic nitrogens is 1. The second-order valence-electron chi connectivity index (χ2n) is 3.36. The van der Waals surface area contributed by atoms with E-state index >= 15 is 0 Å². The molecule has 0 bridgehead atoms. The van der Waals surface area contributed by atoms with Crippen molar-refractivity contribution in [2.45, 2.75) is 19.8 Å². The molecule has 0 amide bonds. The molecule has 0 atom stereocenters. The first kappa shape index (κ1) is 13.8. The summed E-state index contributed by atoms with van der Waals surface area (Å²) in [4.78, 5) is 14.8. The summed E-state index contributed by atoms with van der Waals surface area (Å²) < 4.78 is 30.0. The Bertz CT molecular complexity index is 498. The summed E-state index contributed by atoms with van der Waals surface area (Å²) in [6.45, 7) is 1.81. The Morgan fingerprint density at radius 2 is 2.33 bits per heavy atom. The van der Waals surface area contributed by atoms with Crippen molar-refractivity contribution in [1.82, 2.24) is 4.98 Å². The standard InChI is InChI=1S/C11H11F2N3O2/c1-2-18-9(17)4-6-3-7(10(12)13)8(5-14)16-11(6)15/h3,10H,2,4H2,1H3,(H2,15,16). The zero-order valence-corrected chi connectivity index (χ0v) is 9.61. The van der Waals surface area contributed by atoms with Crippen LogP contribution < -0.4 is 5.73 Å². The van der Waals surface area contributed by atoms with Crippen molar-refractivity contribution < 1.29 is 18.3 Å². The minimum atomic E-state index is -2.85. The van der Waals surface area contributed by atoms with Gasteiger partial charge in [0.1, 0.15) is 11.9 Å². The minimum Gasteiger partial charge on any atom is -0.466 e. The highest BCUT2D eigenvalue weighted by atomic mass is 19.3. The van der Waals surface area contributed by atoms with Crippen molar-refractivity contribution in [3.05, 3.63) is 22.9 Å². The third-order valence-corrected chi connectivity index (χ3v) is 2.15. The summed E-state index contributed by atoms with van der Waals surface area (Å²) in [6.07, 6.45) is -3.10. The van der Waals surface area contributed by atoms with E-state index in [1.54, 1.807) is 6.92 Å². The zero-order chi connectivity index (χ0) is 13.7. The third-order valence-electron chi connectivity index (χ3n) is 2.15. The predicted octanol–water partition coefficient (Wildman–Crippen LogP) is 1.58. The molecular formula is C11H11F2N3O2. The molecule has 0 radical (unpaired) electrons. The Morgan fingerprint density at radius 1 is 1.67 bits per heavy atom. The zero-order valence-electron chi connectivity index (χ0n) is 9.61. The van der Waals surface area contributed by atoms with Gasteiger partial charge in [-0.15, -0.1) is 0 Å². The average molecular weight is 255 g/mol. The predicted molar refractivity (Wildman–Crippen MR) is 58.7 cm³/mol. The van der Waals surface area contributed by atoms with Crippen molar-refractivity contribution in [2.24, 2.45) is 0 Å². The number of carbonyl (C=O) groups is 1. The van der Waals surface area contributed by atoms with E-state index in [2.05, 4.69) is 9.72 Å². The van der Waals surface area contributed by atoms with Crippen LogP contribution in [-0.4, -0.2) is 17.6 Å². The van der Waals surface area contributed by atoms with Crippen molar-refractivity contribution >= 4 is 11.8 Å². The van der Waals surface area contributed by atoms with Gasteiger partial charge in [-0.3, -0.25) is 4.79 Å². The summed E-state index contributed by atoms with van der Waals surface area (Å²) in [5.41, 5.74) is 4.65. The lowest BCUT2D eigenvalue weighted by Crippen LogP contribution is -2.11. The number of pyridine rings is 1. The summed E-state index contributed by atoms with van der Waals surface area (Å²) in [5.74, 6) is -0.708. The second kappa shape index (κ2) is 5.91. The first-order chi connectivity index (χ1) is 8.49. The molecule has 1 aromatic heterocycles. The topological polar surface area (TPSA) is 89.0 Å². The van der Waals surface area contributed by atoms with Gasteiger partial charge in [0.15, 0.2) is 5.69 Å². The van der Waals surface area contributed by atoms with Gasteiger partial charge in [-0.05, 0) is 13.0 Å². The molecule has 0 saturated carbocycles. The molecule has 0 aromatic carbocycles. The molecule has 1 rings (SSSR count). The van der Waals surface area contributed by atoms with Crippen LogP contribution in [0.3, 0.4) is 0 Å². The first-order valence-electron chi connectivity index (χ1n) is 5.12. The van der Waals surface area contributed by atoms with Gasteiger partial charge in [-0.25, -0.2) is 13.8 Å². The van der Waals surface area contributed by atoms with Crippen LogP contribution in [-0.2, 0) is 16.0 Å². The maximum Gasteiger partial charge on any atom is 0.310 e. The number of esters is 1. The molecule has 18 heavy (non-hydrogen) atoms. The molecule has 0 fully saturated rings. The van der Waals surface area contributed by atoms with Crippen LogP contribution in [0.15, 0.2) is 6.07 Å². The van der Waals surface area contributed by atoms with E-state index in [0.717, 1.165) is 6.07 Å². The number of anilines is 1. The Balaban J connectivity index is 3.10. The maximum absolute atomic E-state index is 12.7. The summed E-state index contributed by atoms with van der Waals surface area (Å²) in [6, 6.07) is 2.55. The van der Waals surface area contributed by atoms with E-state index in [1.807, 2.05) is 0 Å². The molecule has 0 aliphatic heterocycles. The molecule has 1 heterocycles. The number of rotatable bonds is 4. The Kier molecular flexibility index (Phi) is 4.54. The highest BCUT2D eigenvalue weighted by Crippen LogP contribution is 2.25. The molecule has 96 valence electrons. The van der Waals surface area contributed by atoms with Gasteiger partial charge in [-0.2, -0.15) is 5.26 Å². The van der Waals surface area contributed by atoms with Crippen LogP contribution in [0.25, 0.3) is 0 Å². The van der Waals surface area contributed by atoms with Crippen LogP contribution in [0.4, 0.5) is 14.6 Å². The molecule has 7 heteroatoms. The SMILES string of the molecule is CCOC(=O)Cc1cc(C(F)F)c(C#N)nc1N. The normalized spacial score (nSPS) is 10.2. The van der Waals surface area contributed by atoms with E-state index in [4.69, 9.17) is 11.0 Å². The number of hydrogen-bond donors (Lipinski definition) is 1. The van der Waals surface area contributed by atoms with E-state index in [9.17, 15) is 13.6 Å². The summed E-state index contributed by atoms with van der Waals surface area (Å²) in [5, 5.41) is 8.66. The number of nitrogen functional groups attached to an aromatic ring is 1. The van der Waals surface area contributed by atoms with E-state index in [1.165, 1.54) is 6.07 Å². The molecule has 0 aliphatic rings. The largest absolute Gasteiger partial charge is 0.466 e. The highest BCUT2D eigenvalue weighted by molar-refractivity contribution is 5.74. The van der Waals surface area contributed by atoms with E-state index < -0.39 is 23.7 Å². The lowest BCUT2D eigenvalue weighted by molar-refractivity contribution is -0.142. The summed E-state index contributed by atoms with van der Waals surface area (Å²) in [7, 11) is 0. The number of alkyl halides is 2. The number of nitriles is 1. The minimum absolute atomic E-state index is 0.121. The fourth-order valence-corrected chi connectivity index (χ4v) is 1.35. The van der Waals surface area contributed by atoms with Gasteiger partial charge >= 0.3 is 5.97 Å². The van der Waals surface area contributed by atoms with Gasteiger partial charge in [0.2, 0.25) is 0 Å². The number of nitrogens with two attached hydrogens (primary N) is 1. The Hall–Kier alpha value is -2.23. The maximum atomic E-state index is 12.7. The smallest absolute Gasteiger partial charge is 0.310 e. The number of hydrogen-bond acceptors (Lipinski definition) is 5. The third kappa shape index (κ3) is 3.13. The van der Waals surface area contributed by atoms with Crippen LogP contribution in [0.2, 0.25) is 0 Å². The van der Waals surface area contributed by atoms with Crippen molar-refractivity contribution in [3.63, 3.8) is 0 Å². The lowest BCUT2D eigenvalue weighted by atomic mass is 10.1. The quantitative estimate of drug-likeness (QED) is 0.825. The van der Waals surface area contributed by atoms with E-state index in [0.29, 0.717) is 0 Å². The first-order valence-corrected chi connectivity index (χ1v) is 5.12. The fourth-order valence-electron chi connectivity index (χ4n) is 1.35. The van der Waals surface area contributed by atoms with Gasteiger partial charge in [0.05, 0.1) is 18.6 Å². The number of carbonyl (C=O) groups excluding carboxylic acids is 1. The Labute approximate surface area is 102 Å². The van der Waals surface area contributed by atoms with Gasteiger partial charge < -0.3 is 10.5 Å². The number of halogens is 2. The number of ether oxygens (including phenoxy) is 1. The fraction of sp³-hybridized carbons (Fsp3) is 0.364. The van der Waals surface area contributed by atoms with Gasteiger partial charge in [0.25, 0.3) is 6.43 Å². The molecule has 0 aliphatic carbocycles. The molecule has 5 nitrogen and oxygen atoms in total. The van der Waals surface area contributed by atoms with Crippen LogP contribution in [0.5, 0.6) is 0 Å². The molecule has 1 aromatic rings. The van der Waals surface area contributed by atoms with Crippen LogP contribution in [0, 0.1) is 11.3 Å². The molecule has 0 unspecified atom stereocenters. The molecule has 2 N–H and O–H groups in total. The monoisotopic (exact) mass is 255 g/mol. The van der Waals surface area contributed by atoms with Crippen LogP contribution >= 0.6 is 0 Å². The van der Waals surface area contributed by atoms with Crippen LogP contribution in [0.1, 0.15) is 30.2 Å². The molecule has 0 saturated heterocycles. The average Bonchev–Trinajstić information content (AvgIpc) is 2.31. The number of nitrogens with zero attached hydrogens (tertiary/aromatic N) is 2. The van der Waals surface area contributed by atoms with Crippen molar-refractivity contribution in [2.75, 3.05) is 12.3 Å². The van der Waals surface area contributed by atoms with Gasteiger partial charge in [0, 0.05) is 5.56 Å². The Morgan fingerprint density at radius 3 is 2.83 bits per heavy atom. The highest BCUT2D eigenvalue weighted by Gasteiger charge is 2.18. The van der Waals surface area contributed by atoms with E-state index in [-0.39, 0.29) is 24.4 Å². The second-order valence-corrected chi connectivity index (χ2v) is 3.36. The summed E-state index contributed by atoms with van der Waals surface area (Å²) >= 11 is 0. The van der Waals surface area contributed by atoms with Gasteiger partial charge in [-0.1, -0.05) is 0 Å².